The normalized spacial score (nSPS) is 11.8. The summed E-state index contributed by atoms with van der Waals surface area (Å²) < 4.78 is 40.7. The highest BCUT2D eigenvalue weighted by molar-refractivity contribution is 7.92. The molecule has 3 rings (SSSR count). The van der Waals surface area contributed by atoms with Crippen LogP contribution in [-0.2, 0) is 16.7 Å². The Balaban J connectivity index is 2.02. The van der Waals surface area contributed by atoms with E-state index < -0.39 is 21.9 Å². The minimum Gasteiger partial charge on any atom is -0.274 e. The Morgan fingerprint density at radius 1 is 1.17 bits per heavy atom. The fourth-order valence-electron chi connectivity index (χ4n) is 1.76. The van der Waals surface area contributed by atoms with Gasteiger partial charge in [0.2, 0.25) is 0 Å². The van der Waals surface area contributed by atoms with E-state index in [0.717, 1.165) is 4.52 Å². The number of para-hydroxylation sites is 1. The molecule has 1 N–H and O–H groups in total. The van der Waals surface area contributed by atoms with E-state index in [1.54, 1.807) is 6.07 Å². The number of nitrogens with one attached hydrogen (secondary N) is 1. The molecule has 7 nitrogen and oxygen atoms in total. The third kappa shape index (κ3) is 3.07. The zero-order valence-corrected chi connectivity index (χ0v) is 13.6. The van der Waals surface area contributed by atoms with Crippen molar-refractivity contribution in [3.8, 4) is 0 Å². The number of anilines is 1. The highest BCUT2D eigenvalue weighted by Gasteiger charge is 2.23. The van der Waals surface area contributed by atoms with Gasteiger partial charge >= 0.3 is 0 Å². The minimum absolute atomic E-state index is 0.0205. The lowest BCUT2D eigenvalue weighted by Crippen LogP contribution is -2.15. The maximum Gasteiger partial charge on any atom is 0.299 e. The van der Waals surface area contributed by atoms with Crippen LogP contribution in [0.1, 0.15) is 5.69 Å². The summed E-state index contributed by atoms with van der Waals surface area (Å²) in [7, 11) is -4.14. The van der Waals surface area contributed by atoms with Crippen molar-refractivity contribution < 1.29 is 12.8 Å². The summed E-state index contributed by atoms with van der Waals surface area (Å²) in [4.78, 5) is 7.63. The van der Waals surface area contributed by atoms with Crippen molar-refractivity contribution in [3.63, 3.8) is 0 Å². The molecular weight excluding hydrogens is 368 g/mol. The Hall–Kier alpha value is -1.97. The number of fused-ring (bicyclic) bond motifs is 1. The first-order valence-electron chi connectivity index (χ1n) is 6.16. The summed E-state index contributed by atoms with van der Waals surface area (Å²) in [5, 5.41) is 3.52. The SMILES string of the molecule is O=S(=O)(Nc1c(Cl)cccc1Cl)c1nc2nc(CF)ccn2n1. The minimum atomic E-state index is -4.14. The molecule has 0 radical (unpaired) electrons. The molecule has 0 bridgehead atoms. The second-order valence-electron chi connectivity index (χ2n) is 4.39. The van der Waals surface area contributed by atoms with E-state index >= 15 is 0 Å². The Morgan fingerprint density at radius 2 is 1.87 bits per heavy atom. The first kappa shape index (κ1) is 15.9. The summed E-state index contributed by atoms with van der Waals surface area (Å²) >= 11 is 11.9. The van der Waals surface area contributed by atoms with Gasteiger partial charge in [0, 0.05) is 6.20 Å². The highest BCUT2D eigenvalue weighted by Crippen LogP contribution is 2.31. The van der Waals surface area contributed by atoms with Gasteiger partial charge in [0.15, 0.2) is 0 Å². The average molecular weight is 376 g/mol. The number of rotatable bonds is 4. The smallest absolute Gasteiger partial charge is 0.274 e. The van der Waals surface area contributed by atoms with Crippen molar-refractivity contribution in [3.05, 3.63) is 46.2 Å². The van der Waals surface area contributed by atoms with E-state index in [1.807, 2.05) is 0 Å². The number of hydrogen-bond acceptors (Lipinski definition) is 5. The molecule has 0 saturated heterocycles. The first-order chi connectivity index (χ1) is 10.9. The molecule has 23 heavy (non-hydrogen) atoms. The quantitative estimate of drug-likeness (QED) is 0.756. The van der Waals surface area contributed by atoms with Crippen molar-refractivity contribution in [2.45, 2.75) is 11.8 Å². The van der Waals surface area contributed by atoms with Crippen molar-refractivity contribution >= 4 is 44.7 Å². The zero-order valence-electron chi connectivity index (χ0n) is 11.2. The van der Waals surface area contributed by atoms with Crippen LogP contribution >= 0.6 is 23.2 Å². The van der Waals surface area contributed by atoms with Crippen LogP contribution in [-0.4, -0.2) is 28.0 Å². The molecule has 0 unspecified atom stereocenters. The van der Waals surface area contributed by atoms with Crippen molar-refractivity contribution in [1.82, 2.24) is 19.6 Å². The molecule has 3 aromatic rings. The molecular formula is C12H8Cl2FN5O2S. The molecule has 2 heterocycles. The van der Waals surface area contributed by atoms with E-state index in [0.29, 0.717) is 0 Å². The molecule has 0 spiro atoms. The number of halogens is 3. The summed E-state index contributed by atoms with van der Waals surface area (Å²) in [5.74, 6) is -0.0363. The van der Waals surface area contributed by atoms with Crippen LogP contribution in [0, 0.1) is 0 Å². The van der Waals surface area contributed by atoms with Gasteiger partial charge in [0.1, 0.15) is 6.67 Å². The summed E-state index contributed by atoms with van der Waals surface area (Å²) in [6.45, 7) is -0.793. The largest absolute Gasteiger partial charge is 0.299 e. The third-order valence-corrected chi connectivity index (χ3v) is 4.58. The van der Waals surface area contributed by atoms with E-state index in [2.05, 4.69) is 19.8 Å². The van der Waals surface area contributed by atoms with Crippen molar-refractivity contribution in [2.24, 2.45) is 0 Å². The second-order valence-corrected chi connectivity index (χ2v) is 6.78. The maximum atomic E-state index is 12.6. The zero-order chi connectivity index (χ0) is 16.6. The molecule has 0 saturated carbocycles. The molecule has 0 aliphatic carbocycles. The fraction of sp³-hybridized carbons (Fsp3) is 0.0833. The Labute approximate surface area is 140 Å². The van der Waals surface area contributed by atoms with Gasteiger partial charge < -0.3 is 0 Å². The average Bonchev–Trinajstić information content (AvgIpc) is 2.95. The van der Waals surface area contributed by atoms with E-state index in [4.69, 9.17) is 23.2 Å². The molecule has 0 amide bonds. The van der Waals surface area contributed by atoms with Crippen LogP contribution in [0.3, 0.4) is 0 Å². The molecule has 11 heteroatoms. The standard InChI is InChI=1S/C12H8Cl2FN5O2S/c13-8-2-1-3-9(14)10(8)19-23(21,22)12-17-11-16-7(6-15)4-5-20(11)18-12/h1-5,19H,6H2. The van der Waals surface area contributed by atoms with E-state index in [9.17, 15) is 12.8 Å². The van der Waals surface area contributed by atoms with Gasteiger partial charge in [-0.2, -0.15) is 13.4 Å². The predicted molar refractivity (Wildman–Crippen MR) is 82.9 cm³/mol. The Bertz CT molecular complexity index is 972. The summed E-state index contributed by atoms with van der Waals surface area (Å²) in [5.41, 5.74) is 0.142. The van der Waals surface area contributed by atoms with E-state index in [-0.39, 0.29) is 27.2 Å². The lowest BCUT2D eigenvalue weighted by Gasteiger charge is -2.08. The second kappa shape index (κ2) is 5.91. The predicted octanol–water partition coefficient (Wildman–Crippen LogP) is 2.70. The topological polar surface area (TPSA) is 89.2 Å². The number of benzene rings is 1. The Morgan fingerprint density at radius 3 is 2.52 bits per heavy atom. The molecule has 0 aliphatic rings. The van der Waals surface area contributed by atoms with Gasteiger partial charge in [-0.25, -0.2) is 13.9 Å². The lowest BCUT2D eigenvalue weighted by molar-refractivity contribution is 0.476. The first-order valence-corrected chi connectivity index (χ1v) is 8.40. The summed E-state index contributed by atoms with van der Waals surface area (Å²) in [6, 6.07) is 5.92. The highest BCUT2D eigenvalue weighted by atomic mass is 35.5. The molecule has 120 valence electrons. The van der Waals surface area contributed by atoms with Crippen molar-refractivity contribution in [1.29, 1.82) is 0 Å². The number of sulfonamides is 1. The lowest BCUT2D eigenvalue weighted by atomic mass is 10.3. The van der Waals surface area contributed by atoms with Crippen LogP contribution in [0.15, 0.2) is 35.6 Å². The number of alkyl halides is 1. The third-order valence-electron chi connectivity index (χ3n) is 2.82. The number of aromatic nitrogens is 4. The van der Waals surface area contributed by atoms with Crippen LogP contribution < -0.4 is 4.72 Å². The maximum absolute atomic E-state index is 12.6. The molecule has 0 atom stereocenters. The number of nitrogens with zero attached hydrogens (tertiary/aromatic N) is 4. The van der Waals surface area contributed by atoms with Crippen LogP contribution in [0.25, 0.3) is 5.78 Å². The van der Waals surface area contributed by atoms with Gasteiger partial charge in [-0.3, -0.25) is 4.72 Å². The molecule has 2 aromatic heterocycles. The van der Waals surface area contributed by atoms with Gasteiger partial charge in [0.25, 0.3) is 21.0 Å². The van der Waals surface area contributed by atoms with Gasteiger partial charge in [-0.15, -0.1) is 5.10 Å². The van der Waals surface area contributed by atoms with Gasteiger partial charge in [0.05, 0.1) is 21.4 Å². The van der Waals surface area contributed by atoms with E-state index in [1.165, 1.54) is 24.4 Å². The van der Waals surface area contributed by atoms with Crippen LogP contribution in [0.5, 0.6) is 0 Å². The van der Waals surface area contributed by atoms with Crippen LogP contribution in [0.4, 0.5) is 10.1 Å². The summed E-state index contributed by atoms with van der Waals surface area (Å²) in [6.07, 6.45) is 1.37. The fourth-order valence-corrected chi connectivity index (χ4v) is 3.34. The van der Waals surface area contributed by atoms with Gasteiger partial charge in [-0.1, -0.05) is 29.3 Å². The molecule has 1 aromatic carbocycles. The van der Waals surface area contributed by atoms with Gasteiger partial charge in [-0.05, 0) is 18.2 Å². The van der Waals surface area contributed by atoms with Crippen LogP contribution in [0.2, 0.25) is 10.0 Å². The molecule has 0 aliphatic heterocycles. The Kier molecular flexibility index (Phi) is 4.09. The number of hydrogen-bond donors (Lipinski definition) is 1. The molecule has 0 fully saturated rings. The monoisotopic (exact) mass is 375 g/mol. The van der Waals surface area contributed by atoms with Crippen molar-refractivity contribution in [2.75, 3.05) is 4.72 Å².